The first-order valence-electron chi connectivity index (χ1n) is 7.42. The molecule has 2 rings (SSSR count). The van der Waals surface area contributed by atoms with Gasteiger partial charge in [0.1, 0.15) is 5.76 Å². The van der Waals surface area contributed by atoms with Gasteiger partial charge in [0, 0.05) is 0 Å². The molecule has 0 bridgehead atoms. The molecule has 2 atom stereocenters. The summed E-state index contributed by atoms with van der Waals surface area (Å²) >= 11 is 0. The summed E-state index contributed by atoms with van der Waals surface area (Å²) in [4.78, 5) is 0. The van der Waals surface area contributed by atoms with E-state index >= 15 is 0 Å². The fourth-order valence-corrected chi connectivity index (χ4v) is 3.35. The molecule has 0 aliphatic heterocycles. The summed E-state index contributed by atoms with van der Waals surface area (Å²) in [5.74, 6) is 1.80. The van der Waals surface area contributed by atoms with Gasteiger partial charge < -0.3 is 9.73 Å². The van der Waals surface area contributed by atoms with Crippen molar-refractivity contribution in [2.45, 2.75) is 58.9 Å². The van der Waals surface area contributed by atoms with Crippen LogP contribution in [0.1, 0.15) is 64.7 Å². The highest BCUT2D eigenvalue weighted by molar-refractivity contribution is 5.08. The van der Waals surface area contributed by atoms with Crippen molar-refractivity contribution in [2.75, 3.05) is 6.54 Å². The predicted molar refractivity (Wildman–Crippen MR) is 75.5 cm³/mol. The first-order valence-corrected chi connectivity index (χ1v) is 7.42. The summed E-state index contributed by atoms with van der Waals surface area (Å²) < 4.78 is 5.68. The van der Waals surface area contributed by atoms with E-state index in [0.717, 1.165) is 12.3 Å². The standard InChI is InChI=1S/C16H27NO/c1-4-11-17-15(14-9-7-12-18-14)13-8-5-6-10-16(13,2)3/h7,9,12-13,15,17H,4-6,8,10-11H2,1-3H3. The summed E-state index contributed by atoms with van der Waals surface area (Å²) in [6.45, 7) is 8.12. The Morgan fingerprint density at radius 3 is 2.89 bits per heavy atom. The van der Waals surface area contributed by atoms with Gasteiger partial charge in [-0.15, -0.1) is 0 Å². The van der Waals surface area contributed by atoms with Crippen molar-refractivity contribution in [3.63, 3.8) is 0 Å². The van der Waals surface area contributed by atoms with E-state index in [2.05, 4.69) is 32.2 Å². The van der Waals surface area contributed by atoms with Crippen molar-refractivity contribution in [1.82, 2.24) is 5.32 Å². The summed E-state index contributed by atoms with van der Waals surface area (Å²) in [6.07, 6.45) is 8.36. The van der Waals surface area contributed by atoms with Crippen LogP contribution < -0.4 is 5.32 Å². The number of furan rings is 1. The SMILES string of the molecule is CCCNC(c1ccco1)C1CCCCC1(C)C. The number of nitrogens with one attached hydrogen (secondary N) is 1. The summed E-state index contributed by atoms with van der Waals surface area (Å²) in [5, 5.41) is 3.70. The van der Waals surface area contributed by atoms with Crippen LogP contribution in [0.4, 0.5) is 0 Å². The van der Waals surface area contributed by atoms with E-state index in [1.54, 1.807) is 6.26 Å². The van der Waals surface area contributed by atoms with E-state index in [9.17, 15) is 0 Å². The highest BCUT2D eigenvalue weighted by Crippen LogP contribution is 2.46. The van der Waals surface area contributed by atoms with Gasteiger partial charge >= 0.3 is 0 Å². The second-order valence-electron chi connectivity index (χ2n) is 6.29. The maximum absolute atomic E-state index is 5.68. The van der Waals surface area contributed by atoms with Crippen LogP contribution in [-0.2, 0) is 0 Å². The fourth-order valence-electron chi connectivity index (χ4n) is 3.35. The lowest BCUT2D eigenvalue weighted by Crippen LogP contribution is -2.39. The third-order valence-corrected chi connectivity index (χ3v) is 4.46. The monoisotopic (exact) mass is 249 g/mol. The molecule has 102 valence electrons. The second kappa shape index (κ2) is 5.92. The molecule has 0 spiro atoms. The zero-order valence-electron chi connectivity index (χ0n) is 12.0. The first-order chi connectivity index (χ1) is 8.65. The molecule has 0 radical (unpaired) electrons. The quantitative estimate of drug-likeness (QED) is 0.829. The molecule has 1 aromatic rings. The minimum absolute atomic E-state index is 0.384. The van der Waals surface area contributed by atoms with Crippen molar-refractivity contribution >= 4 is 0 Å². The molecule has 0 saturated heterocycles. The molecule has 1 N–H and O–H groups in total. The molecule has 2 nitrogen and oxygen atoms in total. The minimum Gasteiger partial charge on any atom is -0.468 e. The van der Waals surface area contributed by atoms with Crippen molar-refractivity contribution < 1.29 is 4.42 Å². The molecule has 1 aliphatic rings. The maximum Gasteiger partial charge on any atom is 0.120 e. The minimum atomic E-state index is 0.384. The summed E-state index contributed by atoms with van der Waals surface area (Å²) in [6, 6.07) is 4.51. The number of hydrogen-bond acceptors (Lipinski definition) is 2. The van der Waals surface area contributed by atoms with Crippen LogP contribution in [0.5, 0.6) is 0 Å². The van der Waals surface area contributed by atoms with E-state index in [-0.39, 0.29) is 0 Å². The Kier molecular flexibility index (Phi) is 4.50. The molecule has 1 heterocycles. The van der Waals surface area contributed by atoms with Gasteiger partial charge in [0.15, 0.2) is 0 Å². The molecule has 18 heavy (non-hydrogen) atoms. The molecule has 1 aliphatic carbocycles. The van der Waals surface area contributed by atoms with Crippen LogP contribution in [0, 0.1) is 11.3 Å². The Morgan fingerprint density at radius 1 is 1.44 bits per heavy atom. The van der Waals surface area contributed by atoms with Gasteiger partial charge in [-0.2, -0.15) is 0 Å². The van der Waals surface area contributed by atoms with E-state index in [4.69, 9.17) is 4.42 Å². The third kappa shape index (κ3) is 2.97. The smallest absolute Gasteiger partial charge is 0.120 e. The zero-order chi connectivity index (χ0) is 13.0. The van der Waals surface area contributed by atoms with Crippen LogP contribution in [0.3, 0.4) is 0 Å². The second-order valence-corrected chi connectivity index (χ2v) is 6.29. The van der Waals surface area contributed by atoms with E-state index in [1.807, 2.05) is 6.07 Å². The topological polar surface area (TPSA) is 25.2 Å². The Labute approximate surface area is 111 Å². The molecule has 0 aromatic carbocycles. The van der Waals surface area contributed by atoms with Crippen molar-refractivity contribution in [3.05, 3.63) is 24.2 Å². The lowest BCUT2D eigenvalue weighted by atomic mass is 9.65. The van der Waals surface area contributed by atoms with Crippen LogP contribution >= 0.6 is 0 Å². The summed E-state index contributed by atoms with van der Waals surface area (Å²) in [7, 11) is 0. The van der Waals surface area contributed by atoms with Crippen molar-refractivity contribution in [2.24, 2.45) is 11.3 Å². The lowest BCUT2D eigenvalue weighted by Gasteiger charge is -2.43. The Hall–Kier alpha value is -0.760. The van der Waals surface area contributed by atoms with Crippen LogP contribution in [0.2, 0.25) is 0 Å². The van der Waals surface area contributed by atoms with Crippen LogP contribution in [0.15, 0.2) is 22.8 Å². The Morgan fingerprint density at radius 2 is 2.28 bits per heavy atom. The number of hydrogen-bond donors (Lipinski definition) is 1. The van der Waals surface area contributed by atoms with Crippen molar-refractivity contribution in [3.8, 4) is 0 Å². The average molecular weight is 249 g/mol. The molecule has 1 saturated carbocycles. The average Bonchev–Trinajstić information content (AvgIpc) is 2.85. The van der Waals surface area contributed by atoms with Gasteiger partial charge in [-0.3, -0.25) is 0 Å². The normalized spacial score (nSPS) is 24.9. The van der Waals surface area contributed by atoms with Gasteiger partial charge in [-0.1, -0.05) is 33.6 Å². The highest BCUT2D eigenvalue weighted by Gasteiger charge is 2.38. The number of rotatable bonds is 5. The van der Waals surface area contributed by atoms with Gasteiger partial charge in [0.05, 0.1) is 12.3 Å². The van der Waals surface area contributed by atoms with Crippen molar-refractivity contribution in [1.29, 1.82) is 0 Å². The first kappa shape index (κ1) is 13.7. The van der Waals surface area contributed by atoms with Gasteiger partial charge in [0.2, 0.25) is 0 Å². The lowest BCUT2D eigenvalue weighted by molar-refractivity contribution is 0.0893. The third-order valence-electron chi connectivity index (χ3n) is 4.46. The fraction of sp³-hybridized carbons (Fsp3) is 0.750. The Balaban J connectivity index is 2.17. The van der Waals surface area contributed by atoms with Gasteiger partial charge in [-0.25, -0.2) is 0 Å². The molecular weight excluding hydrogens is 222 g/mol. The van der Waals surface area contributed by atoms with Gasteiger partial charge in [-0.05, 0) is 49.3 Å². The highest BCUT2D eigenvalue weighted by atomic mass is 16.3. The molecule has 2 heteroatoms. The molecule has 1 aromatic heterocycles. The molecule has 0 amide bonds. The maximum atomic E-state index is 5.68. The van der Waals surface area contributed by atoms with Crippen LogP contribution in [-0.4, -0.2) is 6.54 Å². The molecule has 2 unspecified atom stereocenters. The molecular formula is C16H27NO. The zero-order valence-corrected chi connectivity index (χ0v) is 12.0. The van der Waals surface area contributed by atoms with E-state index < -0.39 is 0 Å². The van der Waals surface area contributed by atoms with E-state index in [1.165, 1.54) is 32.1 Å². The van der Waals surface area contributed by atoms with Gasteiger partial charge in [0.25, 0.3) is 0 Å². The Bertz CT molecular complexity index is 342. The van der Waals surface area contributed by atoms with E-state index in [0.29, 0.717) is 17.4 Å². The largest absolute Gasteiger partial charge is 0.468 e. The summed E-state index contributed by atoms with van der Waals surface area (Å²) in [5.41, 5.74) is 0.413. The van der Waals surface area contributed by atoms with Crippen LogP contribution in [0.25, 0.3) is 0 Å². The molecule has 1 fully saturated rings. The predicted octanol–water partition coefficient (Wildman–Crippen LogP) is 4.54.